The van der Waals surface area contributed by atoms with Crippen LogP contribution in [0.15, 0.2) is 42.5 Å². The number of benzene rings is 2. The predicted molar refractivity (Wildman–Crippen MR) is 94.5 cm³/mol. The molecule has 0 amide bonds. The van der Waals surface area contributed by atoms with E-state index in [0.29, 0.717) is 0 Å². The van der Waals surface area contributed by atoms with Gasteiger partial charge >= 0.3 is 0 Å². The molecule has 0 aromatic heterocycles. The highest BCUT2D eigenvalue weighted by atomic mass is 16.5. The van der Waals surface area contributed by atoms with Crippen LogP contribution in [0.5, 0.6) is 17.2 Å². The number of hydrogen-bond donors (Lipinski definition) is 0. The van der Waals surface area contributed by atoms with Crippen LogP contribution in [0.1, 0.15) is 19.8 Å². The second-order valence-corrected chi connectivity index (χ2v) is 5.24. The fraction of sp³-hybridized carbons (Fsp3) is 0.368. The quantitative estimate of drug-likeness (QED) is 0.709. The third-order valence-corrected chi connectivity index (χ3v) is 3.80. The molecule has 124 valence electrons. The average molecular weight is 315 g/mol. The normalized spacial score (nSPS) is 10.3. The van der Waals surface area contributed by atoms with E-state index in [0.717, 1.165) is 48.0 Å². The van der Waals surface area contributed by atoms with Gasteiger partial charge in [-0.05, 0) is 42.8 Å². The zero-order chi connectivity index (χ0) is 16.7. The Morgan fingerprint density at radius 3 is 2.00 bits per heavy atom. The molecule has 0 aliphatic rings. The van der Waals surface area contributed by atoms with Gasteiger partial charge < -0.3 is 19.1 Å². The summed E-state index contributed by atoms with van der Waals surface area (Å²) in [6.07, 6.45) is 2.25. The molecule has 0 unspecified atom stereocenters. The van der Waals surface area contributed by atoms with E-state index in [1.807, 2.05) is 24.3 Å². The molecule has 0 heterocycles. The van der Waals surface area contributed by atoms with E-state index in [1.54, 1.807) is 21.3 Å². The van der Waals surface area contributed by atoms with Crippen LogP contribution in [0.3, 0.4) is 0 Å². The lowest BCUT2D eigenvalue weighted by Gasteiger charge is -2.26. The molecule has 4 heteroatoms. The highest BCUT2D eigenvalue weighted by molar-refractivity contribution is 5.67. The molecule has 0 radical (unpaired) electrons. The van der Waals surface area contributed by atoms with Gasteiger partial charge in [0, 0.05) is 24.0 Å². The summed E-state index contributed by atoms with van der Waals surface area (Å²) >= 11 is 0. The van der Waals surface area contributed by atoms with Gasteiger partial charge in [0.25, 0.3) is 0 Å². The van der Waals surface area contributed by atoms with E-state index in [2.05, 4.69) is 30.0 Å². The molecule has 4 nitrogen and oxygen atoms in total. The molecule has 0 saturated heterocycles. The number of rotatable bonds is 8. The van der Waals surface area contributed by atoms with Crippen LogP contribution >= 0.6 is 0 Å². The molecule has 2 rings (SSSR count). The first kappa shape index (κ1) is 17.0. The molecule has 0 bridgehead atoms. The van der Waals surface area contributed by atoms with Crippen molar-refractivity contribution in [3.63, 3.8) is 0 Å². The van der Waals surface area contributed by atoms with Crippen molar-refractivity contribution >= 4 is 11.4 Å². The highest BCUT2D eigenvalue weighted by Gasteiger charge is 2.12. The van der Waals surface area contributed by atoms with Crippen LogP contribution in [0.4, 0.5) is 11.4 Å². The van der Waals surface area contributed by atoms with Crippen LogP contribution < -0.4 is 19.1 Å². The van der Waals surface area contributed by atoms with Crippen molar-refractivity contribution in [3.8, 4) is 17.2 Å². The van der Waals surface area contributed by atoms with Crippen molar-refractivity contribution in [3.05, 3.63) is 42.5 Å². The van der Waals surface area contributed by atoms with Crippen molar-refractivity contribution < 1.29 is 14.2 Å². The Hall–Kier alpha value is -2.36. The van der Waals surface area contributed by atoms with Gasteiger partial charge in [0.15, 0.2) is 11.5 Å². The molecule has 2 aromatic rings. The number of nitrogens with zero attached hydrogens (tertiary/aromatic N) is 1. The van der Waals surface area contributed by atoms with E-state index in [1.165, 1.54) is 0 Å². The number of unbranched alkanes of at least 4 members (excludes halogenated alkanes) is 1. The Kier molecular flexibility index (Phi) is 6.15. The lowest BCUT2D eigenvalue weighted by Crippen LogP contribution is -2.18. The molecule has 0 saturated carbocycles. The first-order valence-electron chi connectivity index (χ1n) is 7.87. The molecule has 0 aliphatic carbocycles. The molecule has 0 spiro atoms. The summed E-state index contributed by atoms with van der Waals surface area (Å²) in [5.74, 6) is 2.33. The molecule has 0 fully saturated rings. The van der Waals surface area contributed by atoms with E-state index >= 15 is 0 Å². The van der Waals surface area contributed by atoms with Crippen molar-refractivity contribution in [2.75, 3.05) is 32.8 Å². The topological polar surface area (TPSA) is 30.9 Å². The van der Waals surface area contributed by atoms with Crippen LogP contribution in [0, 0.1) is 0 Å². The number of hydrogen-bond acceptors (Lipinski definition) is 4. The van der Waals surface area contributed by atoms with Crippen LogP contribution in [0.25, 0.3) is 0 Å². The van der Waals surface area contributed by atoms with Gasteiger partial charge in [-0.3, -0.25) is 0 Å². The second kappa shape index (κ2) is 8.32. The molecule has 0 N–H and O–H groups in total. The average Bonchev–Trinajstić information content (AvgIpc) is 2.62. The Bertz CT molecular complexity index is 611. The standard InChI is InChI=1S/C19H25NO3/c1-5-6-13-20(15-7-10-17(21-2)11-8-15)16-9-12-18(22-3)19(14-16)23-4/h7-12,14H,5-6,13H2,1-4H3. The summed E-state index contributed by atoms with van der Waals surface area (Å²) in [7, 11) is 4.99. The lowest BCUT2D eigenvalue weighted by molar-refractivity contribution is 0.355. The monoisotopic (exact) mass is 315 g/mol. The Morgan fingerprint density at radius 1 is 0.783 bits per heavy atom. The SMILES string of the molecule is CCCCN(c1ccc(OC)cc1)c1ccc(OC)c(OC)c1. The predicted octanol–water partition coefficient (Wildman–Crippen LogP) is 4.65. The van der Waals surface area contributed by atoms with Gasteiger partial charge in [0.2, 0.25) is 0 Å². The zero-order valence-corrected chi connectivity index (χ0v) is 14.3. The van der Waals surface area contributed by atoms with Crippen LogP contribution in [-0.4, -0.2) is 27.9 Å². The number of anilines is 2. The first-order chi connectivity index (χ1) is 11.2. The van der Waals surface area contributed by atoms with Gasteiger partial charge in [0.05, 0.1) is 21.3 Å². The van der Waals surface area contributed by atoms with Gasteiger partial charge in [0.1, 0.15) is 5.75 Å². The van der Waals surface area contributed by atoms with Crippen LogP contribution in [0.2, 0.25) is 0 Å². The minimum absolute atomic E-state index is 0.736. The first-order valence-corrected chi connectivity index (χ1v) is 7.87. The Labute approximate surface area is 138 Å². The van der Waals surface area contributed by atoms with Gasteiger partial charge in [-0.2, -0.15) is 0 Å². The molecular weight excluding hydrogens is 290 g/mol. The van der Waals surface area contributed by atoms with E-state index in [-0.39, 0.29) is 0 Å². The third-order valence-electron chi connectivity index (χ3n) is 3.80. The fourth-order valence-electron chi connectivity index (χ4n) is 2.48. The summed E-state index contributed by atoms with van der Waals surface area (Å²) in [5.41, 5.74) is 2.22. The summed E-state index contributed by atoms with van der Waals surface area (Å²) in [6, 6.07) is 14.1. The fourth-order valence-corrected chi connectivity index (χ4v) is 2.48. The minimum Gasteiger partial charge on any atom is -0.497 e. The molecule has 0 atom stereocenters. The Balaban J connectivity index is 2.37. The summed E-state index contributed by atoms with van der Waals surface area (Å²) in [4.78, 5) is 2.28. The van der Waals surface area contributed by atoms with Crippen molar-refractivity contribution in [2.45, 2.75) is 19.8 Å². The number of methoxy groups -OCH3 is 3. The van der Waals surface area contributed by atoms with Crippen molar-refractivity contribution in [1.29, 1.82) is 0 Å². The van der Waals surface area contributed by atoms with Crippen molar-refractivity contribution in [2.24, 2.45) is 0 Å². The van der Waals surface area contributed by atoms with Crippen molar-refractivity contribution in [1.82, 2.24) is 0 Å². The maximum atomic E-state index is 5.43. The largest absolute Gasteiger partial charge is 0.497 e. The Morgan fingerprint density at radius 2 is 1.43 bits per heavy atom. The van der Waals surface area contributed by atoms with Crippen LogP contribution in [-0.2, 0) is 0 Å². The minimum atomic E-state index is 0.736. The number of ether oxygens (including phenoxy) is 3. The maximum absolute atomic E-state index is 5.43. The maximum Gasteiger partial charge on any atom is 0.162 e. The molecule has 23 heavy (non-hydrogen) atoms. The van der Waals surface area contributed by atoms with Gasteiger partial charge in [-0.15, -0.1) is 0 Å². The van der Waals surface area contributed by atoms with E-state index < -0.39 is 0 Å². The van der Waals surface area contributed by atoms with E-state index in [4.69, 9.17) is 14.2 Å². The van der Waals surface area contributed by atoms with Gasteiger partial charge in [-0.1, -0.05) is 13.3 Å². The lowest BCUT2D eigenvalue weighted by atomic mass is 10.2. The summed E-state index contributed by atoms with van der Waals surface area (Å²) < 4.78 is 16.0. The smallest absolute Gasteiger partial charge is 0.162 e. The molecular formula is C19H25NO3. The second-order valence-electron chi connectivity index (χ2n) is 5.24. The summed E-state index contributed by atoms with van der Waals surface area (Å²) in [5, 5.41) is 0. The third kappa shape index (κ3) is 4.09. The molecule has 0 aliphatic heterocycles. The highest BCUT2D eigenvalue weighted by Crippen LogP contribution is 2.35. The summed E-state index contributed by atoms with van der Waals surface area (Å²) in [6.45, 7) is 3.14. The van der Waals surface area contributed by atoms with Gasteiger partial charge in [-0.25, -0.2) is 0 Å². The molecule has 2 aromatic carbocycles. The zero-order valence-electron chi connectivity index (χ0n) is 14.3. The van der Waals surface area contributed by atoms with E-state index in [9.17, 15) is 0 Å².